The Labute approximate surface area is 398 Å². The number of hydrogen-bond donors (Lipinski definition) is 0. The number of allylic oxidation sites excluding steroid dienone is 1. The van der Waals surface area contributed by atoms with Gasteiger partial charge in [-0.25, -0.2) is 0 Å². The van der Waals surface area contributed by atoms with Gasteiger partial charge in [-0.3, -0.25) is 0 Å². The van der Waals surface area contributed by atoms with Gasteiger partial charge in [-0.2, -0.15) is 0 Å². The molecule has 0 unspecified atom stereocenters. The number of nitrogens with zero attached hydrogens (tertiary/aromatic N) is 3. The van der Waals surface area contributed by atoms with Crippen molar-refractivity contribution >= 4 is 72.6 Å². The lowest BCUT2D eigenvalue weighted by Crippen LogP contribution is -2.64. The first-order valence-electron chi connectivity index (χ1n) is 24.6. The van der Waals surface area contributed by atoms with E-state index in [1.54, 1.807) is 0 Å². The monoisotopic (exact) mass is 874 g/mol. The molecule has 7 aromatic carbocycles. The summed E-state index contributed by atoms with van der Waals surface area (Å²) in [7, 11) is 0. The molecule has 1 aliphatic carbocycles. The van der Waals surface area contributed by atoms with Crippen LogP contribution in [0.1, 0.15) is 136 Å². The predicted octanol–water partition coefficient (Wildman–Crippen LogP) is 15.1. The van der Waals surface area contributed by atoms with Crippen molar-refractivity contribution in [2.45, 2.75) is 124 Å². The van der Waals surface area contributed by atoms with Crippen LogP contribution in [0.15, 0.2) is 139 Å². The molecule has 67 heavy (non-hydrogen) atoms. The molecule has 9 aromatic rings. The van der Waals surface area contributed by atoms with E-state index in [9.17, 15) is 0 Å². The van der Waals surface area contributed by atoms with Gasteiger partial charge in [-0.15, -0.1) is 0 Å². The maximum atomic E-state index is 2.79. The van der Waals surface area contributed by atoms with Crippen LogP contribution in [0, 0.1) is 0 Å². The zero-order valence-corrected chi connectivity index (χ0v) is 42.1. The molecule has 3 aliphatic rings. The van der Waals surface area contributed by atoms with Gasteiger partial charge in [0.1, 0.15) is 0 Å². The fourth-order valence-electron chi connectivity index (χ4n) is 12.1. The van der Waals surface area contributed by atoms with E-state index in [0.717, 1.165) is 0 Å². The summed E-state index contributed by atoms with van der Waals surface area (Å²) in [6.07, 6.45) is 0. The second-order valence-electron chi connectivity index (χ2n) is 24.8. The third-order valence-electron chi connectivity index (χ3n) is 15.8. The fourth-order valence-corrected chi connectivity index (χ4v) is 12.1. The molecule has 0 fully saturated rings. The van der Waals surface area contributed by atoms with Gasteiger partial charge in [0.15, 0.2) is 0 Å². The highest BCUT2D eigenvalue weighted by Crippen LogP contribution is 2.55. The van der Waals surface area contributed by atoms with Crippen LogP contribution in [0.25, 0.3) is 60.6 Å². The predicted molar refractivity (Wildman–Crippen MR) is 289 cm³/mol. The molecule has 0 spiro atoms. The first-order chi connectivity index (χ1) is 31.5. The number of anilines is 1. The number of benzene rings is 7. The van der Waals surface area contributed by atoms with E-state index in [0.29, 0.717) is 0 Å². The highest BCUT2D eigenvalue weighted by Gasteiger charge is 2.52. The number of hydrogen-bond acceptors (Lipinski definition) is 1. The molecule has 2 aromatic heterocycles. The van der Waals surface area contributed by atoms with Crippen molar-refractivity contribution < 1.29 is 0 Å². The van der Waals surface area contributed by atoms with Gasteiger partial charge in [0.25, 0.3) is 0 Å². The molecule has 12 rings (SSSR count). The van der Waals surface area contributed by atoms with E-state index in [4.69, 9.17) is 0 Å². The second-order valence-corrected chi connectivity index (χ2v) is 24.8. The molecular weight excluding hydrogens is 810 g/mol. The van der Waals surface area contributed by atoms with Crippen molar-refractivity contribution in [3.8, 4) is 11.4 Å². The molecule has 0 atom stereocenters. The van der Waals surface area contributed by atoms with E-state index >= 15 is 0 Å². The minimum Gasteiger partial charge on any atom is -0.379 e. The first-order valence-corrected chi connectivity index (χ1v) is 24.6. The Hall–Kier alpha value is -6.26. The van der Waals surface area contributed by atoms with Gasteiger partial charge in [-0.05, 0) is 132 Å². The highest BCUT2D eigenvalue weighted by atomic mass is 15.1. The quantitative estimate of drug-likeness (QED) is 0.158. The summed E-state index contributed by atoms with van der Waals surface area (Å²) < 4.78 is 5.21. The Balaban J connectivity index is 1.29. The van der Waals surface area contributed by atoms with Crippen molar-refractivity contribution in [1.82, 2.24) is 9.13 Å². The van der Waals surface area contributed by atoms with Crippen molar-refractivity contribution in [3.05, 3.63) is 178 Å². The van der Waals surface area contributed by atoms with E-state index in [1.807, 2.05) is 0 Å². The molecule has 334 valence electrons. The summed E-state index contributed by atoms with van der Waals surface area (Å²) in [6.45, 7) is 33.1. The van der Waals surface area contributed by atoms with Crippen molar-refractivity contribution in [2.24, 2.45) is 0 Å². The van der Waals surface area contributed by atoms with Gasteiger partial charge >= 0.3 is 6.85 Å². The largest absolute Gasteiger partial charge is 0.379 e. The molecule has 0 saturated heterocycles. The van der Waals surface area contributed by atoms with Crippen molar-refractivity contribution in [3.63, 3.8) is 0 Å². The standard InChI is InChI=1S/C63H64BN3/c1-59(2,3)37-24-27-42(28-25-37)67-58-55(43-22-18-19-23-49(43)63(58,13)14)48-32-40(62(10,11)12)34-54-56(48)64(67)50-33-39(61(7,8)9)31-47-46-36-52-45(35-53(46)66(54)57(47)50)44-30-38(60(4,5)6)26-29-51(44)65(52)41-20-16-15-17-21-41/h15-36H,1-14H3. The van der Waals surface area contributed by atoms with E-state index in [1.165, 1.54) is 122 Å². The summed E-state index contributed by atoms with van der Waals surface area (Å²) in [4.78, 5) is 2.79. The van der Waals surface area contributed by atoms with E-state index in [-0.39, 0.29) is 33.9 Å². The number of para-hydroxylation sites is 1. The molecule has 0 bridgehead atoms. The summed E-state index contributed by atoms with van der Waals surface area (Å²) in [6, 6.07) is 52.4. The Kier molecular flexibility index (Phi) is 8.47. The first kappa shape index (κ1) is 42.1. The average Bonchev–Trinajstić information content (AvgIpc) is 3.86. The van der Waals surface area contributed by atoms with Crippen LogP contribution in [0.4, 0.5) is 5.69 Å². The number of fused-ring (bicyclic) bond motifs is 11. The second kappa shape index (κ2) is 13.5. The highest BCUT2D eigenvalue weighted by molar-refractivity contribution is 6.92. The van der Waals surface area contributed by atoms with Crippen LogP contribution in [-0.2, 0) is 27.1 Å². The van der Waals surface area contributed by atoms with Crippen molar-refractivity contribution in [2.75, 3.05) is 4.81 Å². The lowest BCUT2D eigenvalue weighted by molar-refractivity contribution is 0.589. The van der Waals surface area contributed by atoms with Crippen LogP contribution in [-0.4, -0.2) is 16.0 Å². The lowest BCUT2D eigenvalue weighted by Gasteiger charge is -2.46. The zero-order valence-electron chi connectivity index (χ0n) is 42.1. The third-order valence-corrected chi connectivity index (χ3v) is 15.8. The summed E-state index contributed by atoms with van der Waals surface area (Å²) >= 11 is 0. The molecule has 4 heterocycles. The normalized spacial score (nSPS) is 15.6. The van der Waals surface area contributed by atoms with Crippen LogP contribution in [0.3, 0.4) is 0 Å². The molecule has 2 aliphatic heterocycles. The van der Waals surface area contributed by atoms with Gasteiger partial charge in [0.2, 0.25) is 0 Å². The molecule has 0 N–H and O–H groups in total. The molecule has 0 amide bonds. The van der Waals surface area contributed by atoms with Crippen molar-refractivity contribution in [1.29, 1.82) is 0 Å². The van der Waals surface area contributed by atoms with Crippen LogP contribution in [0.2, 0.25) is 0 Å². The lowest BCUT2D eigenvalue weighted by atomic mass is 9.43. The Bertz CT molecular complexity index is 3620. The summed E-state index contributed by atoms with van der Waals surface area (Å²) in [5, 5.41) is 5.20. The van der Waals surface area contributed by atoms with E-state index < -0.39 is 0 Å². The molecule has 0 saturated carbocycles. The van der Waals surface area contributed by atoms with Crippen LogP contribution in [0.5, 0.6) is 0 Å². The molecule has 3 nitrogen and oxygen atoms in total. The number of rotatable bonds is 2. The Morgan fingerprint density at radius 1 is 0.433 bits per heavy atom. The van der Waals surface area contributed by atoms with Crippen LogP contribution < -0.4 is 15.7 Å². The third kappa shape index (κ3) is 5.90. The molecule has 0 radical (unpaired) electrons. The summed E-state index contributed by atoms with van der Waals surface area (Å²) in [5.74, 6) is 0. The SMILES string of the molecule is CC(C)(C)c1ccc(N2B3c4c(cc(C(C)(C)C)cc4-n4c5cc6c7cc(C(C)(C)C)ccc7n(-c7ccccc7)c6cc5c5cc(C(C)(C)C)cc3c54)C3=C2C(C)(C)c2ccccc23)cc1. The maximum Gasteiger partial charge on any atom is 0.332 e. The average molecular weight is 874 g/mol. The van der Waals surface area contributed by atoms with Gasteiger partial charge < -0.3 is 13.9 Å². The minimum atomic E-state index is -0.254. The molecule has 4 heteroatoms. The zero-order chi connectivity index (χ0) is 47.1. The van der Waals surface area contributed by atoms with Gasteiger partial charge in [0.05, 0.1) is 22.1 Å². The maximum absolute atomic E-state index is 2.79. The smallest absolute Gasteiger partial charge is 0.332 e. The minimum absolute atomic E-state index is 0.00875. The summed E-state index contributed by atoms with van der Waals surface area (Å²) in [5.41, 5.74) is 23.5. The Morgan fingerprint density at radius 2 is 0.985 bits per heavy atom. The fraction of sp³-hybridized carbons (Fsp3) is 0.302. The van der Waals surface area contributed by atoms with Crippen LogP contribution >= 0.6 is 0 Å². The molecular formula is C63H64BN3. The Morgan fingerprint density at radius 3 is 1.64 bits per heavy atom. The van der Waals surface area contributed by atoms with Gasteiger partial charge in [0, 0.05) is 55.3 Å². The van der Waals surface area contributed by atoms with E-state index in [2.05, 4.69) is 244 Å². The van der Waals surface area contributed by atoms with Gasteiger partial charge in [-0.1, -0.05) is 170 Å². The topological polar surface area (TPSA) is 13.1 Å². The number of aromatic nitrogens is 2.